The highest BCUT2D eigenvalue weighted by Gasteiger charge is 2.10. The maximum Gasteiger partial charge on any atom is 0.151 e. The first kappa shape index (κ1) is 12.8. The fourth-order valence-electron chi connectivity index (χ4n) is 1.42. The van der Waals surface area contributed by atoms with Crippen LogP contribution < -0.4 is 11.1 Å². The number of hydrogen-bond donors (Lipinski definition) is 2. The van der Waals surface area contributed by atoms with E-state index < -0.39 is 17.5 Å². The molecule has 0 fully saturated rings. The van der Waals surface area contributed by atoms with Crippen LogP contribution in [0.2, 0.25) is 0 Å². The highest BCUT2D eigenvalue weighted by atomic mass is 79.9. The average molecular weight is 317 g/mol. The van der Waals surface area contributed by atoms with Gasteiger partial charge in [-0.15, -0.1) is 0 Å². The molecule has 2 rings (SSSR count). The molecule has 2 aromatic rings. The number of benzene rings is 2. The van der Waals surface area contributed by atoms with Gasteiger partial charge in [-0.3, -0.25) is 0 Å². The van der Waals surface area contributed by atoms with Gasteiger partial charge in [0.05, 0.1) is 17.1 Å². The van der Waals surface area contributed by atoms with E-state index in [-0.39, 0.29) is 11.4 Å². The van der Waals surface area contributed by atoms with Gasteiger partial charge in [0.25, 0.3) is 0 Å². The molecule has 94 valence electrons. The van der Waals surface area contributed by atoms with Crippen molar-refractivity contribution in [2.45, 2.75) is 0 Å². The second kappa shape index (κ2) is 4.89. The molecular formula is C12H8BrF3N2. The van der Waals surface area contributed by atoms with Gasteiger partial charge in [0.1, 0.15) is 11.6 Å². The number of hydrogen-bond acceptors (Lipinski definition) is 2. The summed E-state index contributed by atoms with van der Waals surface area (Å²) >= 11 is 3.14. The summed E-state index contributed by atoms with van der Waals surface area (Å²) in [6, 6.07) is 5.64. The van der Waals surface area contributed by atoms with Crippen molar-refractivity contribution in [3.05, 3.63) is 52.3 Å². The summed E-state index contributed by atoms with van der Waals surface area (Å²) in [6.45, 7) is 0. The smallest absolute Gasteiger partial charge is 0.151 e. The SMILES string of the molecule is Nc1c(F)cc(F)cc1Nc1ccc(F)cc1Br. The minimum absolute atomic E-state index is 0.0832. The van der Waals surface area contributed by atoms with Crippen LogP contribution in [0.4, 0.5) is 30.2 Å². The molecule has 0 amide bonds. The van der Waals surface area contributed by atoms with Crippen molar-refractivity contribution in [1.82, 2.24) is 0 Å². The molecule has 0 saturated heterocycles. The minimum Gasteiger partial charge on any atom is -0.395 e. The van der Waals surface area contributed by atoms with Gasteiger partial charge in [0, 0.05) is 10.5 Å². The Kier molecular flexibility index (Phi) is 3.47. The van der Waals surface area contributed by atoms with Gasteiger partial charge in [-0.1, -0.05) is 0 Å². The van der Waals surface area contributed by atoms with Crippen LogP contribution in [-0.2, 0) is 0 Å². The molecule has 0 unspecified atom stereocenters. The molecule has 0 aliphatic carbocycles. The third-order valence-corrected chi connectivity index (χ3v) is 2.95. The first-order valence-electron chi connectivity index (χ1n) is 4.94. The molecule has 18 heavy (non-hydrogen) atoms. The summed E-state index contributed by atoms with van der Waals surface area (Å²) in [7, 11) is 0. The van der Waals surface area contributed by atoms with Crippen LogP contribution in [0, 0.1) is 17.5 Å². The van der Waals surface area contributed by atoms with Gasteiger partial charge >= 0.3 is 0 Å². The highest BCUT2D eigenvalue weighted by Crippen LogP contribution is 2.31. The Morgan fingerprint density at radius 2 is 1.67 bits per heavy atom. The van der Waals surface area contributed by atoms with Crippen molar-refractivity contribution in [2.75, 3.05) is 11.1 Å². The van der Waals surface area contributed by atoms with E-state index in [4.69, 9.17) is 5.73 Å². The van der Waals surface area contributed by atoms with Crippen LogP contribution in [0.1, 0.15) is 0 Å². The van der Waals surface area contributed by atoms with Crippen molar-refractivity contribution >= 4 is 33.0 Å². The Bertz CT molecular complexity index is 602. The molecule has 0 aromatic heterocycles. The standard InChI is InChI=1S/C12H8BrF3N2/c13-8-3-6(14)1-2-10(8)18-11-5-7(15)4-9(16)12(11)17/h1-5,18H,17H2. The van der Waals surface area contributed by atoms with E-state index in [9.17, 15) is 13.2 Å². The molecule has 0 saturated carbocycles. The maximum atomic E-state index is 13.2. The third kappa shape index (κ3) is 2.59. The van der Waals surface area contributed by atoms with Gasteiger partial charge < -0.3 is 11.1 Å². The zero-order valence-electron chi connectivity index (χ0n) is 8.98. The lowest BCUT2D eigenvalue weighted by Gasteiger charge is -2.11. The summed E-state index contributed by atoms with van der Waals surface area (Å²) in [6.07, 6.45) is 0. The molecule has 3 N–H and O–H groups in total. The third-order valence-electron chi connectivity index (χ3n) is 2.29. The lowest BCUT2D eigenvalue weighted by molar-refractivity contribution is 0.587. The molecule has 2 aromatic carbocycles. The molecule has 0 aliphatic heterocycles. The molecule has 6 heteroatoms. The van der Waals surface area contributed by atoms with Crippen molar-refractivity contribution in [3.63, 3.8) is 0 Å². The second-order valence-corrected chi connectivity index (χ2v) is 4.45. The van der Waals surface area contributed by atoms with Gasteiger partial charge in [-0.05, 0) is 40.2 Å². The Morgan fingerprint density at radius 3 is 2.33 bits per heavy atom. The average Bonchev–Trinajstić information content (AvgIpc) is 2.29. The molecule has 0 aliphatic rings. The Hall–Kier alpha value is -1.69. The molecule has 0 radical (unpaired) electrons. The van der Waals surface area contributed by atoms with E-state index in [0.717, 1.165) is 6.07 Å². The molecule has 2 nitrogen and oxygen atoms in total. The lowest BCUT2D eigenvalue weighted by atomic mass is 10.2. The Morgan fingerprint density at radius 1 is 0.944 bits per heavy atom. The number of anilines is 3. The minimum atomic E-state index is -0.851. The molecule has 0 bridgehead atoms. The van der Waals surface area contributed by atoms with Crippen LogP contribution in [0.3, 0.4) is 0 Å². The summed E-state index contributed by atoms with van der Waals surface area (Å²) in [5, 5.41) is 2.73. The Balaban J connectivity index is 2.40. The van der Waals surface area contributed by atoms with Crippen LogP contribution in [-0.4, -0.2) is 0 Å². The van der Waals surface area contributed by atoms with Crippen molar-refractivity contribution < 1.29 is 13.2 Å². The second-order valence-electron chi connectivity index (χ2n) is 3.60. The highest BCUT2D eigenvalue weighted by molar-refractivity contribution is 9.10. The van der Waals surface area contributed by atoms with E-state index in [1.807, 2.05) is 0 Å². The predicted molar refractivity (Wildman–Crippen MR) is 68.2 cm³/mol. The first-order chi connectivity index (χ1) is 8.47. The predicted octanol–water partition coefficient (Wildman–Crippen LogP) is 4.19. The van der Waals surface area contributed by atoms with Crippen LogP contribution in [0.15, 0.2) is 34.8 Å². The number of rotatable bonds is 2. The van der Waals surface area contributed by atoms with Crippen molar-refractivity contribution in [3.8, 4) is 0 Å². The summed E-state index contributed by atoms with van der Waals surface area (Å²) in [5.41, 5.74) is 5.82. The summed E-state index contributed by atoms with van der Waals surface area (Å²) in [5.74, 6) is -2.02. The van der Waals surface area contributed by atoms with E-state index >= 15 is 0 Å². The molecular weight excluding hydrogens is 309 g/mol. The molecule has 0 atom stereocenters. The van der Waals surface area contributed by atoms with Gasteiger partial charge in [0.2, 0.25) is 0 Å². The van der Waals surface area contributed by atoms with Gasteiger partial charge in [0.15, 0.2) is 5.82 Å². The van der Waals surface area contributed by atoms with E-state index in [2.05, 4.69) is 21.2 Å². The van der Waals surface area contributed by atoms with Crippen LogP contribution in [0.25, 0.3) is 0 Å². The van der Waals surface area contributed by atoms with Crippen LogP contribution in [0.5, 0.6) is 0 Å². The topological polar surface area (TPSA) is 38.0 Å². The fraction of sp³-hybridized carbons (Fsp3) is 0. The summed E-state index contributed by atoms with van der Waals surface area (Å²) in [4.78, 5) is 0. The normalized spacial score (nSPS) is 10.4. The van der Waals surface area contributed by atoms with E-state index in [0.29, 0.717) is 16.2 Å². The van der Waals surface area contributed by atoms with E-state index in [1.165, 1.54) is 18.2 Å². The van der Waals surface area contributed by atoms with Crippen LogP contribution >= 0.6 is 15.9 Å². The zero-order chi connectivity index (χ0) is 13.3. The maximum absolute atomic E-state index is 13.2. The van der Waals surface area contributed by atoms with Crippen molar-refractivity contribution in [2.24, 2.45) is 0 Å². The van der Waals surface area contributed by atoms with Gasteiger partial charge in [-0.2, -0.15) is 0 Å². The zero-order valence-corrected chi connectivity index (χ0v) is 10.6. The van der Waals surface area contributed by atoms with Crippen molar-refractivity contribution in [1.29, 1.82) is 0 Å². The van der Waals surface area contributed by atoms with Gasteiger partial charge in [-0.25, -0.2) is 13.2 Å². The largest absolute Gasteiger partial charge is 0.395 e. The number of halogens is 4. The quantitative estimate of drug-likeness (QED) is 0.815. The first-order valence-corrected chi connectivity index (χ1v) is 5.73. The number of nitrogens with two attached hydrogens (primary N) is 1. The number of nitrogens with one attached hydrogen (secondary N) is 1. The molecule has 0 spiro atoms. The number of nitrogen functional groups attached to an aromatic ring is 1. The fourth-order valence-corrected chi connectivity index (χ4v) is 1.87. The van der Waals surface area contributed by atoms with E-state index in [1.54, 1.807) is 0 Å². The monoisotopic (exact) mass is 316 g/mol. The lowest BCUT2D eigenvalue weighted by Crippen LogP contribution is -2.00. The Labute approximate surface area is 110 Å². The molecule has 0 heterocycles. The summed E-state index contributed by atoms with van der Waals surface area (Å²) < 4.78 is 39.6.